The van der Waals surface area contributed by atoms with E-state index >= 15 is 0 Å². The number of aliphatic carboxylic acids is 1. The maximum atomic E-state index is 13.7. The van der Waals surface area contributed by atoms with Crippen molar-refractivity contribution in [3.63, 3.8) is 0 Å². The molecule has 4 rings (SSSR count). The van der Waals surface area contributed by atoms with Crippen molar-refractivity contribution in [1.82, 2.24) is 4.90 Å². The normalized spacial score (nSPS) is 17.8. The van der Waals surface area contributed by atoms with E-state index in [0.29, 0.717) is 57.1 Å². The molecular weight excluding hydrogens is 571 g/mol. The van der Waals surface area contributed by atoms with Crippen molar-refractivity contribution in [2.45, 2.75) is 44.6 Å². The van der Waals surface area contributed by atoms with E-state index in [0.717, 1.165) is 12.0 Å². The summed E-state index contributed by atoms with van der Waals surface area (Å²) in [5.41, 5.74) is 1.58. The number of hydrogen-bond donors (Lipinski definition) is 1. The van der Waals surface area contributed by atoms with Gasteiger partial charge in [0, 0.05) is 23.0 Å². The van der Waals surface area contributed by atoms with E-state index in [9.17, 15) is 23.1 Å². The number of thiophene rings is 1. The van der Waals surface area contributed by atoms with E-state index in [4.69, 9.17) is 9.47 Å². The highest BCUT2D eigenvalue weighted by Gasteiger charge is 2.36. The van der Waals surface area contributed by atoms with Crippen molar-refractivity contribution >= 4 is 33.2 Å². The number of methoxy groups -OCH3 is 1. The van der Waals surface area contributed by atoms with Crippen LogP contribution in [-0.4, -0.2) is 36.2 Å². The van der Waals surface area contributed by atoms with E-state index in [1.54, 1.807) is 30.3 Å². The molecule has 1 N–H and O–H groups in total. The molecule has 10 heteroatoms. The third-order valence-corrected chi connectivity index (χ3v) is 8.33. The highest BCUT2D eigenvalue weighted by Crippen LogP contribution is 2.44. The van der Waals surface area contributed by atoms with Crippen molar-refractivity contribution in [1.29, 1.82) is 0 Å². The van der Waals surface area contributed by atoms with Crippen LogP contribution in [-0.2, 0) is 24.1 Å². The number of benzene rings is 2. The summed E-state index contributed by atoms with van der Waals surface area (Å²) in [4.78, 5) is 13.2. The fourth-order valence-electron chi connectivity index (χ4n) is 4.70. The molecule has 3 aromatic rings. The van der Waals surface area contributed by atoms with Gasteiger partial charge in [-0.2, -0.15) is 13.2 Å². The molecule has 1 saturated carbocycles. The molecule has 1 aliphatic carbocycles. The standard InChI is InChI=1S/C27H27BrF3NO4S/c1-32(19-9-8-18(12-19)26(33)34)14-16-10-22(28)24(23(11-16)35-2)36-15-20-13-21(17-6-4-3-5-7-17)25(37-20)27(29,30)31/h3-7,10-11,13,18-19H,8-9,12,14-15H2,1-2H3,(H,33,34). The summed E-state index contributed by atoms with van der Waals surface area (Å²) in [7, 11) is 3.48. The molecule has 0 aliphatic heterocycles. The quantitative estimate of drug-likeness (QED) is 0.277. The monoisotopic (exact) mass is 597 g/mol. The lowest BCUT2D eigenvalue weighted by Gasteiger charge is -2.25. The molecule has 2 unspecified atom stereocenters. The van der Waals surface area contributed by atoms with E-state index in [2.05, 4.69) is 20.8 Å². The van der Waals surface area contributed by atoms with Crippen LogP contribution in [0.15, 0.2) is 53.0 Å². The number of ether oxygens (including phenoxy) is 2. The molecule has 5 nitrogen and oxygen atoms in total. The van der Waals surface area contributed by atoms with Crippen LogP contribution in [0.4, 0.5) is 13.2 Å². The first kappa shape index (κ1) is 27.5. The minimum Gasteiger partial charge on any atom is -0.493 e. The van der Waals surface area contributed by atoms with Crippen LogP contribution in [0.5, 0.6) is 11.5 Å². The van der Waals surface area contributed by atoms with Crippen LogP contribution >= 0.6 is 27.3 Å². The Balaban J connectivity index is 1.50. The summed E-state index contributed by atoms with van der Waals surface area (Å²) in [5.74, 6) is -0.180. The molecule has 0 amide bonds. The Morgan fingerprint density at radius 3 is 2.54 bits per heavy atom. The zero-order valence-electron chi connectivity index (χ0n) is 20.3. The first-order valence-corrected chi connectivity index (χ1v) is 13.3. The van der Waals surface area contributed by atoms with E-state index in [-0.39, 0.29) is 24.1 Å². The number of nitrogens with zero attached hydrogens (tertiary/aromatic N) is 1. The van der Waals surface area contributed by atoms with Gasteiger partial charge < -0.3 is 14.6 Å². The van der Waals surface area contributed by atoms with Crippen molar-refractivity contribution in [3.8, 4) is 22.6 Å². The number of alkyl halides is 3. The summed E-state index contributed by atoms with van der Waals surface area (Å²) in [6, 6.07) is 13.9. The van der Waals surface area contributed by atoms with E-state index in [1.807, 2.05) is 19.2 Å². The number of rotatable bonds is 9. The first-order valence-electron chi connectivity index (χ1n) is 11.7. The van der Waals surface area contributed by atoms with E-state index < -0.39 is 17.0 Å². The zero-order chi connectivity index (χ0) is 26.7. The summed E-state index contributed by atoms with van der Waals surface area (Å²) in [5, 5.41) is 9.27. The lowest BCUT2D eigenvalue weighted by Crippen LogP contribution is -2.29. The second-order valence-electron chi connectivity index (χ2n) is 9.13. The molecule has 1 fully saturated rings. The zero-order valence-corrected chi connectivity index (χ0v) is 22.8. The van der Waals surface area contributed by atoms with Gasteiger partial charge in [0.1, 0.15) is 11.5 Å². The lowest BCUT2D eigenvalue weighted by molar-refractivity contribution is -0.141. The fraction of sp³-hybridized carbons (Fsp3) is 0.370. The molecule has 0 spiro atoms. The maximum Gasteiger partial charge on any atom is 0.426 e. The molecule has 0 bridgehead atoms. The Kier molecular flexibility index (Phi) is 8.50. The average molecular weight is 598 g/mol. The fourth-order valence-corrected chi connectivity index (χ4v) is 6.27. The van der Waals surface area contributed by atoms with Crippen LogP contribution in [0.3, 0.4) is 0 Å². The van der Waals surface area contributed by atoms with Gasteiger partial charge in [-0.05, 0) is 71.6 Å². The molecule has 0 radical (unpaired) electrons. The molecule has 2 aromatic carbocycles. The Morgan fingerprint density at radius 2 is 1.92 bits per heavy atom. The second kappa shape index (κ2) is 11.4. The summed E-state index contributed by atoms with van der Waals surface area (Å²) in [6.45, 7) is 0.542. The molecule has 1 aromatic heterocycles. The number of carbonyl (C=O) groups is 1. The maximum absolute atomic E-state index is 13.7. The first-order chi connectivity index (χ1) is 17.6. The van der Waals surface area contributed by atoms with Crippen LogP contribution in [0, 0.1) is 5.92 Å². The highest BCUT2D eigenvalue weighted by atomic mass is 79.9. The van der Waals surface area contributed by atoms with Crippen LogP contribution < -0.4 is 9.47 Å². The van der Waals surface area contributed by atoms with E-state index in [1.165, 1.54) is 13.2 Å². The number of hydrogen-bond acceptors (Lipinski definition) is 5. The predicted molar refractivity (Wildman–Crippen MR) is 140 cm³/mol. The van der Waals surface area contributed by atoms with Crippen LogP contribution in [0.2, 0.25) is 0 Å². The SMILES string of the molecule is COc1cc(CN(C)C2CCC(C(=O)O)C2)cc(Br)c1OCc1cc(-c2ccccc2)c(C(F)(F)F)s1. The summed E-state index contributed by atoms with van der Waals surface area (Å²) < 4.78 is 53.3. The Bertz CT molecular complexity index is 1250. The number of halogens is 4. The minimum atomic E-state index is -4.47. The Hall–Kier alpha value is -2.56. The largest absolute Gasteiger partial charge is 0.493 e. The lowest BCUT2D eigenvalue weighted by atomic mass is 10.1. The van der Waals surface area contributed by atoms with Gasteiger partial charge in [-0.1, -0.05) is 30.3 Å². The molecule has 2 atom stereocenters. The van der Waals surface area contributed by atoms with Gasteiger partial charge in [-0.25, -0.2) is 0 Å². The van der Waals surface area contributed by atoms with Gasteiger partial charge >= 0.3 is 12.1 Å². The molecule has 198 valence electrons. The minimum absolute atomic E-state index is 0.0482. The molecule has 0 saturated heterocycles. The Morgan fingerprint density at radius 1 is 1.19 bits per heavy atom. The third kappa shape index (κ3) is 6.48. The number of carboxylic acids is 1. The van der Waals surface area contributed by atoms with Gasteiger partial charge in [-0.3, -0.25) is 9.69 Å². The number of carboxylic acid groups (broad SMARTS) is 1. The summed E-state index contributed by atoms with van der Waals surface area (Å²) >= 11 is 4.20. The molecule has 37 heavy (non-hydrogen) atoms. The predicted octanol–water partition coefficient (Wildman–Crippen LogP) is 7.47. The molecule has 1 aliphatic rings. The van der Waals surface area contributed by atoms with Crippen molar-refractivity contribution in [2.24, 2.45) is 5.92 Å². The van der Waals surface area contributed by atoms with Gasteiger partial charge in [0.15, 0.2) is 11.5 Å². The van der Waals surface area contributed by atoms with Crippen molar-refractivity contribution in [2.75, 3.05) is 14.2 Å². The smallest absolute Gasteiger partial charge is 0.426 e. The van der Waals surface area contributed by atoms with Gasteiger partial charge in [0.2, 0.25) is 0 Å². The molecular formula is C27H27BrF3NO4S. The third-order valence-electron chi connectivity index (χ3n) is 6.58. The summed E-state index contributed by atoms with van der Waals surface area (Å²) in [6.07, 6.45) is -2.34. The van der Waals surface area contributed by atoms with Crippen LogP contribution in [0.1, 0.15) is 34.6 Å². The van der Waals surface area contributed by atoms with Crippen molar-refractivity contribution < 1.29 is 32.5 Å². The van der Waals surface area contributed by atoms with Gasteiger partial charge in [0.05, 0.1) is 17.5 Å². The average Bonchev–Trinajstić information content (AvgIpc) is 3.52. The van der Waals surface area contributed by atoms with Crippen molar-refractivity contribution in [3.05, 3.63) is 68.3 Å². The highest BCUT2D eigenvalue weighted by molar-refractivity contribution is 9.10. The van der Waals surface area contributed by atoms with Gasteiger partial charge in [0.25, 0.3) is 0 Å². The second-order valence-corrected chi connectivity index (χ2v) is 11.1. The van der Waals surface area contributed by atoms with Gasteiger partial charge in [-0.15, -0.1) is 11.3 Å². The topological polar surface area (TPSA) is 59.0 Å². The molecule has 1 heterocycles. The Labute approximate surface area is 226 Å². The van der Waals surface area contributed by atoms with Crippen LogP contribution in [0.25, 0.3) is 11.1 Å².